The molecule has 7 heteroatoms. The molecule has 0 unspecified atom stereocenters. The monoisotopic (exact) mass is 346 g/mol. The largest absolute Gasteiger partial charge is 0.454 e. The number of aryl methyl sites for hydroxylation is 1. The van der Waals surface area contributed by atoms with E-state index in [0.717, 1.165) is 47.5 Å². The van der Waals surface area contributed by atoms with Crippen molar-refractivity contribution in [2.45, 2.75) is 19.9 Å². The van der Waals surface area contributed by atoms with Gasteiger partial charge in [0.05, 0.1) is 5.01 Å². The summed E-state index contributed by atoms with van der Waals surface area (Å²) in [5.74, 6) is 2.48. The second-order valence-corrected chi connectivity index (χ2v) is 6.95. The molecule has 1 aromatic heterocycles. The van der Waals surface area contributed by atoms with E-state index in [4.69, 9.17) is 9.47 Å². The topological polar surface area (TPSA) is 59.0 Å². The molecule has 0 saturated carbocycles. The fourth-order valence-electron chi connectivity index (χ4n) is 2.57. The first-order valence-electron chi connectivity index (χ1n) is 7.87. The number of nitrogens with zero attached hydrogens (tertiary/aromatic N) is 3. The number of fused-ring (bicyclic) bond motifs is 1. The molecular weight excluding hydrogens is 324 g/mol. The van der Waals surface area contributed by atoms with Gasteiger partial charge in [0.1, 0.15) is 0 Å². The average Bonchev–Trinajstić information content (AvgIpc) is 3.19. The number of hydrogen-bond donors (Lipinski definition) is 1. The molecule has 0 fully saturated rings. The molecule has 0 saturated heterocycles. The van der Waals surface area contributed by atoms with Gasteiger partial charge in [0.2, 0.25) is 6.79 Å². The Balaban J connectivity index is 1.53. The molecule has 24 heavy (non-hydrogen) atoms. The number of benzene rings is 1. The molecule has 3 rings (SSSR count). The first-order chi connectivity index (χ1) is 11.7. The Morgan fingerprint density at radius 3 is 2.96 bits per heavy atom. The van der Waals surface area contributed by atoms with Gasteiger partial charge in [0.15, 0.2) is 17.5 Å². The zero-order valence-electron chi connectivity index (χ0n) is 14.2. The number of aromatic nitrogens is 1. The van der Waals surface area contributed by atoms with Crippen LogP contribution >= 0.6 is 11.3 Å². The van der Waals surface area contributed by atoms with Crippen LogP contribution in [0.3, 0.4) is 0 Å². The first kappa shape index (κ1) is 16.6. The number of thiazole rings is 1. The van der Waals surface area contributed by atoms with E-state index in [2.05, 4.69) is 33.2 Å². The lowest BCUT2D eigenvalue weighted by Gasteiger charge is -2.22. The van der Waals surface area contributed by atoms with Gasteiger partial charge in [-0.1, -0.05) is 6.07 Å². The van der Waals surface area contributed by atoms with Crippen LogP contribution < -0.4 is 14.8 Å². The molecule has 1 aliphatic heterocycles. The van der Waals surface area contributed by atoms with Gasteiger partial charge in [0, 0.05) is 44.7 Å². The minimum atomic E-state index is 0.300. The molecule has 0 atom stereocenters. The standard InChI is InChI=1S/C17H22N4O2S/c1-12-9-20-16(24-12)6-7-19-17(18-2)21(3)10-13-4-5-14-15(8-13)23-11-22-14/h4-5,8-9H,6-7,10-11H2,1-3H3,(H,18,19). The molecule has 0 bridgehead atoms. The summed E-state index contributed by atoms with van der Waals surface area (Å²) in [5.41, 5.74) is 1.15. The zero-order chi connectivity index (χ0) is 16.9. The lowest BCUT2D eigenvalue weighted by Crippen LogP contribution is -2.39. The van der Waals surface area contributed by atoms with Crippen LogP contribution in [0.15, 0.2) is 29.4 Å². The van der Waals surface area contributed by atoms with Gasteiger partial charge < -0.3 is 19.7 Å². The second kappa shape index (κ2) is 7.53. The van der Waals surface area contributed by atoms with E-state index in [1.807, 2.05) is 25.4 Å². The summed E-state index contributed by atoms with van der Waals surface area (Å²) in [6.07, 6.45) is 2.82. The molecule has 1 aromatic carbocycles. The number of hydrogen-bond acceptors (Lipinski definition) is 5. The van der Waals surface area contributed by atoms with E-state index < -0.39 is 0 Å². The highest BCUT2D eigenvalue weighted by molar-refractivity contribution is 7.11. The third-order valence-electron chi connectivity index (χ3n) is 3.72. The molecule has 1 N–H and O–H groups in total. The van der Waals surface area contributed by atoms with E-state index in [1.54, 1.807) is 18.4 Å². The van der Waals surface area contributed by atoms with Crippen molar-refractivity contribution < 1.29 is 9.47 Å². The Morgan fingerprint density at radius 1 is 1.38 bits per heavy atom. The van der Waals surface area contributed by atoms with Crippen molar-refractivity contribution in [3.05, 3.63) is 39.8 Å². The van der Waals surface area contributed by atoms with Crippen LogP contribution in [0.25, 0.3) is 0 Å². The maximum atomic E-state index is 5.43. The van der Waals surface area contributed by atoms with Crippen molar-refractivity contribution in [2.24, 2.45) is 4.99 Å². The van der Waals surface area contributed by atoms with Crippen LogP contribution in [0.2, 0.25) is 0 Å². The summed E-state index contributed by atoms with van der Waals surface area (Å²) < 4.78 is 10.8. The molecule has 2 heterocycles. The van der Waals surface area contributed by atoms with Crippen LogP contribution in [-0.4, -0.2) is 43.3 Å². The van der Waals surface area contributed by atoms with Crippen molar-refractivity contribution in [1.82, 2.24) is 15.2 Å². The van der Waals surface area contributed by atoms with Gasteiger partial charge in [-0.05, 0) is 24.6 Å². The van der Waals surface area contributed by atoms with Crippen LogP contribution in [0.4, 0.5) is 0 Å². The molecule has 0 spiro atoms. The number of nitrogens with one attached hydrogen (secondary N) is 1. The van der Waals surface area contributed by atoms with Crippen molar-refractivity contribution >= 4 is 17.3 Å². The number of ether oxygens (including phenoxy) is 2. The highest BCUT2D eigenvalue weighted by Crippen LogP contribution is 2.32. The summed E-state index contributed by atoms with van der Waals surface area (Å²) in [6, 6.07) is 6.02. The van der Waals surface area contributed by atoms with Crippen molar-refractivity contribution in [2.75, 3.05) is 27.4 Å². The number of aliphatic imine (C=N–C) groups is 1. The van der Waals surface area contributed by atoms with Crippen molar-refractivity contribution in [3.8, 4) is 11.5 Å². The Labute approximate surface area is 146 Å². The Kier molecular flexibility index (Phi) is 5.20. The predicted molar refractivity (Wildman–Crippen MR) is 95.9 cm³/mol. The first-order valence-corrected chi connectivity index (χ1v) is 8.69. The fraction of sp³-hybridized carbons (Fsp3) is 0.412. The summed E-state index contributed by atoms with van der Waals surface area (Å²) in [6.45, 7) is 3.93. The second-order valence-electron chi connectivity index (χ2n) is 5.63. The Morgan fingerprint density at radius 2 is 2.21 bits per heavy atom. The Bertz CT molecular complexity index is 729. The van der Waals surface area contributed by atoms with E-state index in [0.29, 0.717) is 6.79 Å². The van der Waals surface area contributed by atoms with Gasteiger partial charge >= 0.3 is 0 Å². The SMILES string of the molecule is CN=C(NCCc1ncc(C)s1)N(C)Cc1ccc2c(c1)OCO2. The fourth-order valence-corrected chi connectivity index (χ4v) is 3.36. The van der Waals surface area contributed by atoms with Gasteiger partial charge in [0.25, 0.3) is 0 Å². The maximum absolute atomic E-state index is 5.43. The van der Waals surface area contributed by atoms with Crippen molar-refractivity contribution in [3.63, 3.8) is 0 Å². The Hall–Kier alpha value is -2.28. The van der Waals surface area contributed by atoms with E-state index >= 15 is 0 Å². The quantitative estimate of drug-likeness (QED) is 0.666. The van der Waals surface area contributed by atoms with Crippen LogP contribution in [0.5, 0.6) is 11.5 Å². The van der Waals surface area contributed by atoms with E-state index in [9.17, 15) is 0 Å². The summed E-state index contributed by atoms with van der Waals surface area (Å²) in [7, 11) is 3.82. The van der Waals surface area contributed by atoms with Crippen LogP contribution in [-0.2, 0) is 13.0 Å². The lowest BCUT2D eigenvalue weighted by molar-refractivity contribution is 0.174. The summed E-state index contributed by atoms with van der Waals surface area (Å²) in [4.78, 5) is 12.1. The predicted octanol–water partition coefficient (Wildman–Crippen LogP) is 2.43. The molecule has 0 radical (unpaired) electrons. The average molecular weight is 346 g/mol. The molecule has 1 aliphatic rings. The third-order valence-corrected chi connectivity index (χ3v) is 4.69. The highest BCUT2D eigenvalue weighted by atomic mass is 32.1. The van der Waals surface area contributed by atoms with Gasteiger partial charge in [-0.25, -0.2) is 4.98 Å². The summed E-state index contributed by atoms with van der Waals surface area (Å²) in [5, 5.41) is 4.53. The van der Waals surface area contributed by atoms with Gasteiger partial charge in [-0.15, -0.1) is 11.3 Å². The lowest BCUT2D eigenvalue weighted by atomic mass is 10.2. The maximum Gasteiger partial charge on any atom is 0.231 e. The number of guanidine groups is 1. The van der Waals surface area contributed by atoms with Crippen molar-refractivity contribution in [1.29, 1.82) is 0 Å². The zero-order valence-corrected chi connectivity index (χ0v) is 15.0. The minimum absolute atomic E-state index is 0.300. The molecule has 128 valence electrons. The third kappa shape index (κ3) is 3.97. The van der Waals surface area contributed by atoms with Crippen LogP contribution in [0, 0.1) is 6.92 Å². The number of rotatable bonds is 5. The molecule has 0 aliphatic carbocycles. The molecule has 0 amide bonds. The normalized spacial score (nSPS) is 13.2. The molecule has 6 nitrogen and oxygen atoms in total. The minimum Gasteiger partial charge on any atom is -0.454 e. The molecule has 2 aromatic rings. The summed E-state index contributed by atoms with van der Waals surface area (Å²) >= 11 is 1.74. The van der Waals surface area contributed by atoms with E-state index in [1.165, 1.54) is 4.88 Å². The van der Waals surface area contributed by atoms with Gasteiger partial charge in [-0.2, -0.15) is 0 Å². The molecular formula is C17H22N4O2S. The van der Waals surface area contributed by atoms with Crippen LogP contribution in [0.1, 0.15) is 15.4 Å². The smallest absolute Gasteiger partial charge is 0.231 e. The van der Waals surface area contributed by atoms with Gasteiger partial charge in [-0.3, -0.25) is 4.99 Å². The highest BCUT2D eigenvalue weighted by Gasteiger charge is 2.14. The van der Waals surface area contributed by atoms with E-state index in [-0.39, 0.29) is 0 Å².